The van der Waals surface area contributed by atoms with Gasteiger partial charge in [0.15, 0.2) is 6.04 Å². The van der Waals surface area contributed by atoms with Crippen molar-refractivity contribution in [3.63, 3.8) is 0 Å². The molecule has 0 bridgehead atoms. The third kappa shape index (κ3) is 4.93. The summed E-state index contributed by atoms with van der Waals surface area (Å²) in [6.07, 6.45) is 0. The number of amides is 1. The van der Waals surface area contributed by atoms with Crippen LogP contribution < -0.4 is 5.32 Å². The average molecular weight is 313 g/mol. The number of esters is 1. The minimum atomic E-state index is -1.09. The molecule has 23 heavy (non-hydrogen) atoms. The molecule has 0 saturated carbocycles. The Morgan fingerprint density at radius 2 is 1.74 bits per heavy atom. The minimum absolute atomic E-state index is 0.0938. The SMILES string of the molecule is Cc1ccc(C(=O)N[C@@H](CO)C(=O)OCc2ccccc2)cc1. The Labute approximate surface area is 134 Å². The number of benzene rings is 2. The number of nitrogens with one attached hydrogen (secondary N) is 1. The largest absolute Gasteiger partial charge is 0.459 e. The molecule has 5 heteroatoms. The predicted molar refractivity (Wildman–Crippen MR) is 85.8 cm³/mol. The molecule has 1 atom stereocenters. The molecular formula is C18H19NO4. The van der Waals surface area contributed by atoms with E-state index in [4.69, 9.17) is 4.74 Å². The van der Waals surface area contributed by atoms with Crippen molar-refractivity contribution in [3.8, 4) is 0 Å². The summed E-state index contributed by atoms with van der Waals surface area (Å²) < 4.78 is 5.12. The van der Waals surface area contributed by atoms with E-state index in [0.717, 1.165) is 11.1 Å². The second-order valence-corrected chi connectivity index (χ2v) is 5.17. The van der Waals surface area contributed by atoms with Crippen molar-refractivity contribution in [1.29, 1.82) is 0 Å². The summed E-state index contributed by atoms with van der Waals surface area (Å²) in [6, 6.07) is 15.0. The summed E-state index contributed by atoms with van der Waals surface area (Å²) in [5, 5.41) is 11.8. The number of aliphatic hydroxyl groups excluding tert-OH is 1. The Hall–Kier alpha value is -2.66. The molecule has 0 saturated heterocycles. The van der Waals surface area contributed by atoms with Crippen molar-refractivity contribution in [2.45, 2.75) is 19.6 Å². The lowest BCUT2D eigenvalue weighted by atomic mass is 10.1. The Morgan fingerprint density at radius 3 is 2.35 bits per heavy atom. The maximum absolute atomic E-state index is 12.1. The molecule has 2 aromatic carbocycles. The molecule has 2 N–H and O–H groups in total. The highest BCUT2D eigenvalue weighted by Gasteiger charge is 2.22. The highest BCUT2D eigenvalue weighted by atomic mass is 16.5. The van der Waals surface area contributed by atoms with E-state index in [2.05, 4.69) is 5.32 Å². The molecule has 0 fully saturated rings. The third-order valence-corrected chi connectivity index (χ3v) is 3.31. The first kappa shape index (κ1) is 16.7. The van der Waals surface area contributed by atoms with Crippen LogP contribution in [0, 0.1) is 6.92 Å². The van der Waals surface area contributed by atoms with Gasteiger partial charge in [-0.25, -0.2) is 4.79 Å². The zero-order valence-corrected chi connectivity index (χ0v) is 12.9. The summed E-state index contributed by atoms with van der Waals surface area (Å²) in [4.78, 5) is 24.0. The van der Waals surface area contributed by atoms with E-state index in [0.29, 0.717) is 5.56 Å². The topological polar surface area (TPSA) is 75.6 Å². The van der Waals surface area contributed by atoms with E-state index in [-0.39, 0.29) is 6.61 Å². The molecule has 1 amide bonds. The van der Waals surface area contributed by atoms with Crippen molar-refractivity contribution >= 4 is 11.9 Å². The lowest BCUT2D eigenvalue weighted by Crippen LogP contribution is -2.44. The third-order valence-electron chi connectivity index (χ3n) is 3.31. The van der Waals surface area contributed by atoms with Crippen molar-refractivity contribution in [1.82, 2.24) is 5.32 Å². The molecule has 0 aliphatic heterocycles. The number of aryl methyl sites for hydroxylation is 1. The van der Waals surface area contributed by atoms with Gasteiger partial charge < -0.3 is 15.2 Å². The number of hydrogen-bond donors (Lipinski definition) is 2. The molecule has 0 spiro atoms. The van der Waals surface area contributed by atoms with Gasteiger partial charge in [-0.3, -0.25) is 4.79 Å². The average Bonchev–Trinajstić information content (AvgIpc) is 2.59. The molecule has 0 heterocycles. The Kier molecular flexibility index (Phi) is 5.88. The van der Waals surface area contributed by atoms with Crippen LogP contribution in [-0.2, 0) is 16.1 Å². The summed E-state index contributed by atoms with van der Waals surface area (Å²) >= 11 is 0. The van der Waals surface area contributed by atoms with Crippen LogP contribution in [0.25, 0.3) is 0 Å². The summed E-state index contributed by atoms with van der Waals surface area (Å²) in [5.74, 6) is -1.10. The quantitative estimate of drug-likeness (QED) is 0.798. The molecule has 0 unspecified atom stereocenters. The van der Waals surface area contributed by atoms with Crippen molar-refractivity contribution < 1.29 is 19.4 Å². The van der Waals surface area contributed by atoms with E-state index in [1.54, 1.807) is 24.3 Å². The molecule has 2 rings (SSSR count). The maximum atomic E-state index is 12.1. The second-order valence-electron chi connectivity index (χ2n) is 5.17. The lowest BCUT2D eigenvalue weighted by Gasteiger charge is -2.15. The van der Waals surface area contributed by atoms with Crippen LogP contribution in [0.4, 0.5) is 0 Å². The summed E-state index contributed by atoms with van der Waals surface area (Å²) in [6.45, 7) is 1.49. The Balaban J connectivity index is 1.92. The zero-order valence-electron chi connectivity index (χ0n) is 12.9. The van der Waals surface area contributed by atoms with E-state index in [1.807, 2.05) is 37.3 Å². The second kappa shape index (κ2) is 8.10. The molecule has 0 radical (unpaired) electrons. The number of hydrogen-bond acceptors (Lipinski definition) is 4. The maximum Gasteiger partial charge on any atom is 0.331 e. The van der Waals surface area contributed by atoms with Crippen molar-refractivity contribution in [2.75, 3.05) is 6.61 Å². The van der Waals surface area contributed by atoms with Crippen molar-refractivity contribution in [2.24, 2.45) is 0 Å². The fraction of sp³-hybridized carbons (Fsp3) is 0.222. The predicted octanol–water partition coefficient (Wildman–Crippen LogP) is 1.83. The zero-order chi connectivity index (χ0) is 16.7. The lowest BCUT2D eigenvalue weighted by molar-refractivity contribution is -0.148. The Bertz CT molecular complexity index is 652. The van der Waals surface area contributed by atoms with Crippen LogP contribution in [0.5, 0.6) is 0 Å². The van der Waals surface area contributed by atoms with Gasteiger partial charge in [-0.2, -0.15) is 0 Å². The highest BCUT2D eigenvalue weighted by molar-refractivity contribution is 5.96. The Morgan fingerprint density at radius 1 is 1.09 bits per heavy atom. The van der Waals surface area contributed by atoms with Crippen LogP contribution in [-0.4, -0.2) is 29.6 Å². The van der Waals surface area contributed by atoms with Gasteiger partial charge in [0.2, 0.25) is 0 Å². The van der Waals surface area contributed by atoms with Crippen LogP contribution >= 0.6 is 0 Å². The number of carbonyl (C=O) groups excluding carboxylic acids is 2. The number of carbonyl (C=O) groups is 2. The molecule has 0 aromatic heterocycles. The van der Waals surface area contributed by atoms with E-state index < -0.39 is 24.5 Å². The monoisotopic (exact) mass is 313 g/mol. The molecule has 0 aliphatic carbocycles. The van der Waals surface area contributed by atoms with Gasteiger partial charge in [0, 0.05) is 5.56 Å². The normalized spacial score (nSPS) is 11.6. The van der Waals surface area contributed by atoms with Gasteiger partial charge in [0.05, 0.1) is 6.61 Å². The smallest absolute Gasteiger partial charge is 0.331 e. The fourth-order valence-corrected chi connectivity index (χ4v) is 1.95. The van der Waals surface area contributed by atoms with Gasteiger partial charge in [0.25, 0.3) is 5.91 Å². The molecule has 120 valence electrons. The first-order valence-electron chi connectivity index (χ1n) is 7.29. The molecule has 2 aromatic rings. The van der Waals surface area contributed by atoms with Crippen LogP contribution in [0.1, 0.15) is 21.5 Å². The molecule has 0 aliphatic rings. The summed E-state index contributed by atoms with van der Waals surface area (Å²) in [7, 11) is 0. The van der Waals surface area contributed by atoms with Gasteiger partial charge >= 0.3 is 5.97 Å². The van der Waals surface area contributed by atoms with Gasteiger partial charge in [0.1, 0.15) is 6.61 Å². The van der Waals surface area contributed by atoms with Crippen LogP contribution in [0.3, 0.4) is 0 Å². The summed E-state index contributed by atoms with van der Waals surface area (Å²) in [5.41, 5.74) is 2.29. The van der Waals surface area contributed by atoms with Gasteiger partial charge in [-0.15, -0.1) is 0 Å². The van der Waals surface area contributed by atoms with Crippen LogP contribution in [0.15, 0.2) is 54.6 Å². The van der Waals surface area contributed by atoms with Crippen molar-refractivity contribution in [3.05, 3.63) is 71.3 Å². The number of rotatable bonds is 6. The number of ether oxygens (including phenoxy) is 1. The van der Waals surface area contributed by atoms with E-state index >= 15 is 0 Å². The van der Waals surface area contributed by atoms with E-state index in [9.17, 15) is 14.7 Å². The first-order chi connectivity index (χ1) is 11.1. The van der Waals surface area contributed by atoms with E-state index in [1.165, 1.54) is 0 Å². The van der Waals surface area contributed by atoms with Gasteiger partial charge in [-0.1, -0.05) is 48.0 Å². The molecule has 5 nitrogen and oxygen atoms in total. The fourth-order valence-electron chi connectivity index (χ4n) is 1.95. The first-order valence-corrected chi connectivity index (χ1v) is 7.29. The minimum Gasteiger partial charge on any atom is -0.459 e. The van der Waals surface area contributed by atoms with Crippen LogP contribution in [0.2, 0.25) is 0 Å². The van der Waals surface area contributed by atoms with Gasteiger partial charge in [-0.05, 0) is 24.6 Å². The standard InChI is InChI=1S/C18H19NO4/c1-13-7-9-15(10-8-13)17(21)19-16(11-20)18(22)23-12-14-5-3-2-4-6-14/h2-10,16,20H,11-12H2,1H3,(H,19,21)/t16-/m0/s1. The number of aliphatic hydroxyl groups is 1. The molecular weight excluding hydrogens is 294 g/mol. The highest BCUT2D eigenvalue weighted by Crippen LogP contribution is 2.05.